The molecule has 1 heterocycles. The Hall–Kier alpha value is -1.63. The van der Waals surface area contributed by atoms with Crippen LogP contribution in [0.25, 0.3) is 0 Å². The zero-order chi connectivity index (χ0) is 18.2. The molecular formula is C17H17Cl2N2O4. The summed E-state index contributed by atoms with van der Waals surface area (Å²) in [6, 6.07) is 5.07. The molecule has 2 fully saturated rings. The first-order valence-corrected chi connectivity index (χ1v) is 8.63. The van der Waals surface area contributed by atoms with Crippen molar-refractivity contribution in [1.82, 2.24) is 5.32 Å². The van der Waals surface area contributed by atoms with Crippen LogP contribution in [-0.4, -0.2) is 35.3 Å². The van der Waals surface area contributed by atoms with E-state index in [-0.39, 0.29) is 12.4 Å². The van der Waals surface area contributed by atoms with Gasteiger partial charge in [0, 0.05) is 0 Å². The third kappa shape index (κ3) is 2.92. The molecule has 2 amide bonds. The van der Waals surface area contributed by atoms with Gasteiger partial charge in [0.05, 0.1) is 16.5 Å². The first-order chi connectivity index (χ1) is 11.8. The van der Waals surface area contributed by atoms with Gasteiger partial charge in [0.15, 0.2) is 11.4 Å². The Kier molecular flexibility index (Phi) is 4.79. The number of benzene rings is 1. The van der Waals surface area contributed by atoms with Gasteiger partial charge in [0.1, 0.15) is 12.1 Å². The maximum absolute atomic E-state index is 12.4. The van der Waals surface area contributed by atoms with E-state index >= 15 is 0 Å². The average Bonchev–Trinajstić information content (AvgIpc) is 3.05. The predicted molar refractivity (Wildman–Crippen MR) is 92.1 cm³/mol. The summed E-state index contributed by atoms with van der Waals surface area (Å²) in [5.74, 6) is -1.50. The molecular weight excluding hydrogens is 367 g/mol. The number of fused-ring (bicyclic) bond motifs is 1. The molecule has 8 heteroatoms. The maximum atomic E-state index is 12.4. The number of carbonyl (C=O) groups is 3. The Morgan fingerprint density at radius 3 is 2.72 bits per heavy atom. The predicted octanol–water partition coefficient (Wildman–Crippen LogP) is 1.60. The van der Waals surface area contributed by atoms with Crippen LogP contribution in [0.15, 0.2) is 18.2 Å². The van der Waals surface area contributed by atoms with Crippen LogP contribution in [0.2, 0.25) is 10.0 Å². The fourth-order valence-corrected chi connectivity index (χ4v) is 3.99. The third-order valence-electron chi connectivity index (χ3n) is 4.94. The lowest BCUT2D eigenvalue weighted by atomic mass is 9.80. The highest BCUT2D eigenvalue weighted by atomic mass is 35.5. The summed E-state index contributed by atoms with van der Waals surface area (Å²) in [5, 5.41) is 3.52. The molecule has 2 aliphatic rings. The molecule has 3 N–H and O–H groups in total. The van der Waals surface area contributed by atoms with Crippen LogP contribution in [0.4, 0.5) is 0 Å². The lowest BCUT2D eigenvalue weighted by Gasteiger charge is -2.35. The molecule has 1 aliphatic heterocycles. The minimum absolute atomic E-state index is 0.226. The molecule has 3 rings (SSSR count). The summed E-state index contributed by atoms with van der Waals surface area (Å²) in [4.78, 5) is 36.7. The molecule has 0 spiro atoms. The second kappa shape index (κ2) is 6.59. The van der Waals surface area contributed by atoms with Crippen LogP contribution in [0, 0.1) is 6.42 Å². The smallest absolute Gasteiger partial charge is 0.252 e. The van der Waals surface area contributed by atoms with E-state index in [1.807, 2.05) is 0 Å². The van der Waals surface area contributed by atoms with Gasteiger partial charge in [-0.3, -0.25) is 14.4 Å². The first kappa shape index (κ1) is 18.2. The zero-order valence-electron chi connectivity index (χ0n) is 13.3. The van der Waals surface area contributed by atoms with Crippen molar-refractivity contribution in [2.45, 2.75) is 36.8 Å². The van der Waals surface area contributed by atoms with Crippen LogP contribution in [0.3, 0.4) is 0 Å². The fraction of sp³-hybridized carbons (Fsp3) is 0.412. The molecule has 1 aliphatic carbocycles. The van der Waals surface area contributed by atoms with Crippen LogP contribution in [-0.2, 0) is 25.5 Å². The number of ketones is 1. The van der Waals surface area contributed by atoms with Gasteiger partial charge in [0.2, 0.25) is 5.91 Å². The third-order valence-corrected chi connectivity index (χ3v) is 5.68. The number of rotatable bonds is 5. The van der Waals surface area contributed by atoms with E-state index in [1.165, 1.54) is 6.42 Å². The lowest BCUT2D eigenvalue weighted by molar-refractivity contribution is -0.144. The average molecular weight is 384 g/mol. The number of amides is 2. The van der Waals surface area contributed by atoms with Crippen LogP contribution in [0.1, 0.15) is 24.8 Å². The summed E-state index contributed by atoms with van der Waals surface area (Å²) < 4.78 is 5.45. The minimum Gasteiger partial charge on any atom is -0.367 e. The number of carbonyl (C=O) groups excluding carboxylic acids is 3. The molecule has 1 saturated heterocycles. The van der Waals surface area contributed by atoms with Crippen molar-refractivity contribution in [3.05, 3.63) is 40.2 Å². The Balaban J connectivity index is 1.72. The maximum Gasteiger partial charge on any atom is 0.252 e. The quantitative estimate of drug-likeness (QED) is 0.806. The number of halogens is 2. The number of ether oxygens (including phenoxy) is 1. The van der Waals surface area contributed by atoms with Gasteiger partial charge >= 0.3 is 0 Å². The van der Waals surface area contributed by atoms with Crippen molar-refractivity contribution in [3.8, 4) is 0 Å². The SMILES string of the molecule is NC(=O)C12CCCC1(NC(=O)[CH]Cc1ccc(Cl)c(Cl)c1)C(=O)CO2. The highest BCUT2D eigenvalue weighted by molar-refractivity contribution is 6.42. The summed E-state index contributed by atoms with van der Waals surface area (Å²) in [5.41, 5.74) is 3.46. The molecule has 1 saturated carbocycles. The molecule has 1 radical (unpaired) electrons. The second-order valence-corrected chi connectivity index (χ2v) is 7.12. The van der Waals surface area contributed by atoms with Gasteiger partial charge in [-0.05, 0) is 43.4 Å². The van der Waals surface area contributed by atoms with Crippen LogP contribution in [0.5, 0.6) is 0 Å². The monoisotopic (exact) mass is 383 g/mol. The summed E-state index contributed by atoms with van der Waals surface area (Å²) >= 11 is 11.8. The highest BCUT2D eigenvalue weighted by Crippen LogP contribution is 2.46. The molecule has 0 bridgehead atoms. The van der Waals surface area contributed by atoms with Gasteiger partial charge in [-0.2, -0.15) is 0 Å². The Morgan fingerprint density at radius 2 is 2.04 bits per heavy atom. The van der Waals surface area contributed by atoms with E-state index < -0.39 is 23.0 Å². The van der Waals surface area contributed by atoms with Crippen molar-refractivity contribution in [2.75, 3.05) is 6.61 Å². The van der Waals surface area contributed by atoms with Crippen LogP contribution >= 0.6 is 23.2 Å². The van der Waals surface area contributed by atoms with E-state index in [4.69, 9.17) is 33.7 Å². The van der Waals surface area contributed by atoms with Crippen LogP contribution < -0.4 is 11.1 Å². The van der Waals surface area contributed by atoms with E-state index in [9.17, 15) is 14.4 Å². The Morgan fingerprint density at radius 1 is 1.28 bits per heavy atom. The van der Waals surface area contributed by atoms with E-state index in [0.717, 1.165) is 5.56 Å². The molecule has 1 aromatic carbocycles. The summed E-state index contributed by atoms with van der Waals surface area (Å²) in [7, 11) is 0. The van der Waals surface area contributed by atoms with Gasteiger partial charge in [-0.1, -0.05) is 29.3 Å². The number of nitrogens with two attached hydrogens (primary N) is 1. The van der Waals surface area contributed by atoms with E-state index in [0.29, 0.717) is 35.7 Å². The number of hydrogen-bond acceptors (Lipinski definition) is 4. The minimum atomic E-state index is -1.45. The van der Waals surface area contributed by atoms with Gasteiger partial charge in [-0.15, -0.1) is 0 Å². The summed E-state index contributed by atoms with van der Waals surface area (Å²) in [6.45, 7) is -0.226. The zero-order valence-corrected chi connectivity index (χ0v) is 14.8. The van der Waals surface area contributed by atoms with Crippen molar-refractivity contribution in [1.29, 1.82) is 0 Å². The second-order valence-electron chi connectivity index (χ2n) is 6.31. The molecule has 25 heavy (non-hydrogen) atoms. The summed E-state index contributed by atoms with van der Waals surface area (Å²) in [6.07, 6.45) is 2.92. The first-order valence-electron chi connectivity index (χ1n) is 7.87. The van der Waals surface area contributed by atoms with Gasteiger partial charge < -0.3 is 15.8 Å². The fourth-order valence-electron chi connectivity index (χ4n) is 3.67. The van der Waals surface area contributed by atoms with Crippen molar-refractivity contribution >= 4 is 40.8 Å². The number of primary amides is 1. The number of Topliss-reactive ketones (excluding diaryl/α,β-unsaturated/α-hetero) is 1. The topological polar surface area (TPSA) is 98.5 Å². The Bertz CT molecular complexity index is 754. The molecule has 133 valence electrons. The van der Waals surface area contributed by atoms with Crippen molar-refractivity contribution in [2.24, 2.45) is 5.73 Å². The molecule has 0 aromatic heterocycles. The lowest BCUT2D eigenvalue weighted by Crippen LogP contribution is -2.66. The van der Waals surface area contributed by atoms with E-state index in [2.05, 4.69) is 5.32 Å². The van der Waals surface area contributed by atoms with Gasteiger partial charge in [-0.25, -0.2) is 0 Å². The normalized spacial score (nSPS) is 28.0. The standard InChI is InChI=1S/C17H17Cl2N2O4/c18-11-4-2-10(8-12(11)19)3-5-14(23)21-16-6-1-7-17(16,15(20)24)25-9-13(16)22/h2,4-5,8H,1,3,6-7,9H2,(H2,20,24)(H,21,23). The highest BCUT2D eigenvalue weighted by Gasteiger charge is 2.68. The molecule has 6 nitrogen and oxygen atoms in total. The molecule has 2 unspecified atom stereocenters. The number of hydrogen-bond donors (Lipinski definition) is 2. The van der Waals surface area contributed by atoms with Crippen molar-refractivity contribution < 1.29 is 19.1 Å². The van der Waals surface area contributed by atoms with Gasteiger partial charge in [0.25, 0.3) is 5.91 Å². The Labute approximate surface area is 155 Å². The molecule has 2 atom stereocenters. The number of nitrogens with one attached hydrogen (secondary N) is 1. The van der Waals surface area contributed by atoms with E-state index in [1.54, 1.807) is 18.2 Å². The largest absolute Gasteiger partial charge is 0.367 e. The van der Waals surface area contributed by atoms with Crippen molar-refractivity contribution in [3.63, 3.8) is 0 Å². The molecule has 1 aromatic rings.